The molecular weight excluding hydrogens is 164 g/mol. The van der Waals surface area contributed by atoms with Crippen molar-refractivity contribution in [1.82, 2.24) is 10.6 Å². The average Bonchev–Trinajstić information content (AvgIpc) is 2.91. The molecule has 2 heterocycles. The molecule has 0 amide bonds. The van der Waals surface area contributed by atoms with Crippen LogP contribution >= 0.6 is 0 Å². The molecule has 2 unspecified atom stereocenters. The molecule has 74 valence electrons. The second-order valence-corrected chi connectivity index (χ2v) is 4.65. The third-order valence-electron chi connectivity index (χ3n) is 3.56. The summed E-state index contributed by atoms with van der Waals surface area (Å²) in [5.74, 6) is 0.960. The van der Waals surface area contributed by atoms with E-state index in [1.165, 1.54) is 19.3 Å². The Balaban J connectivity index is 1.68. The van der Waals surface area contributed by atoms with Crippen LogP contribution in [0.4, 0.5) is 0 Å². The first-order valence-electron chi connectivity index (χ1n) is 5.50. The largest absolute Gasteiger partial charge is 0.359 e. The van der Waals surface area contributed by atoms with Crippen molar-refractivity contribution in [2.75, 3.05) is 19.7 Å². The lowest BCUT2D eigenvalue weighted by molar-refractivity contribution is -0.0988. The zero-order valence-corrected chi connectivity index (χ0v) is 8.01. The first kappa shape index (κ1) is 8.21. The van der Waals surface area contributed by atoms with Crippen LogP contribution in [0, 0.1) is 5.92 Å². The summed E-state index contributed by atoms with van der Waals surface area (Å²) in [6, 6.07) is 0.744. The minimum atomic E-state index is 0.00546. The predicted octanol–water partition coefficient (Wildman–Crippen LogP) is 0.464. The van der Waals surface area contributed by atoms with E-state index in [1.807, 2.05) is 0 Å². The summed E-state index contributed by atoms with van der Waals surface area (Å²) in [6.45, 7) is 3.05. The second kappa shape index (κ2) is 2.94. The molecule has 0 aromatic heterocycles. The summed E-state index contributed by atoms with van der Waals surface area (Å²) in [7, 11) is 0. The van der Waals surface area contributed by atoms with Crippen LogP contribution < -0.4 is 10.6 Å². The molecule has 0 radical (unpaired) electrons. The van der Waals surface area contributed by atoms with Gasteiger partial charge in [0.1, 0.15) is 5.72 Å². The molecule has 1 spiro atoms. The Labute approximate surface area is 79.2 Å². The Bertz CT molecular complexity index is 197. The van der Waals surface area contributed by atoms with Gasteiger partial charge in [0.05, 0.1) is 6.61 Å². The van der Waals surface area contributed by atoms with E-state index in [0.717, 1.165) is 38.1 Å². The molecule has 1 saturated carbocycles. The highest BCUT2D eigenvalue weighted by molar-refractivity contribution is 4.97. The third-order valence-corrected chi connectivity index (χ3v) is 3.56. The van der Waals surface area contributed by atoms with Crippen LogP contribution in [0.3, 0.4) is 0 Å². The van der Waals surface area contributed by atoms with Crippen LogP contribution in [-0.4, -0.2) is 31.5 Å². The summed E-state index contributed by atoms with van der Waals surface area (Å²) in [4.78, 5) is 0. The third kappa shape index (κ3) is 1.49. The summed E-state index contributed by atoms with van der Waals surface area (Å²) >= 11 is 0. The Morgan fingerprint density at radius 1 is 1.23 bits per heavy atom. The summed E-state index contributed by atoms with van der Waals surface area (Å²) in [6.07, 6.45) is 5.21. The van der Waals surface area contributed by atoms with Crippen molar-refractivity contribution < 1.29 is 4.74 Å². The fourth-order valence-corrected chi connectivity index (χ4v) is 2.60. The van der Waals surface area contributed by atoms with E-state index >= 15 is 0 Å². The lowest BCUT2D eigenvalue weighted by Crippen LogP contribution is -2.58. The van der Waals surface area contributed by atoms with Gasteiger partial charge >= 0.3 is 0 Å². The SMILES string of the molecule is C1CC2(CN1)NC(C1CC1)CCO2. The quantitative estimate of drug-likeness (QED) is 0.618. The van der Waals surface area contributed by atoms with Crippen molar-refractivity contribution in [3.8, 4) is 0 Å². The van der Waals surface area contributed by atoms with Crippen LogP contribution in [0.25, 0.3) is 0 Å². The molecule has 0 aromatic carbocycles. The van der Waals surface area contributed by atoms with E-state index in [2.05, 4.69) is 10.6 Å². The van der Waals surface area contributed by atoms with E-state index in [0.29, 0.717) is 0 Å². The highest BCUT2D eigenvalue weighted by Crippen LogP contribution is 2.37. The average molecular weight is 182 g/mol. The van der Waals surface area contributed by atoms with Gasteiger partial charge in [-0.15, -0.1) is 0 Å². The molecule has 3 nitrogen and oxygen atoms in total. The lowest BCUT2D eigenvalue weighted by Gasteiger charge is -2.39. The van der Waals surface area contributed by atoms with Gasteiger partial charge in [0.15, 0.2) is 0 Å². The van der Waals surface area contributed by atoms with Gasteiger partial charge in [0.25, 0.3) is 0 Å². The van der Waals surface area contributed by atoms with Gasteiger partial charge in [-0.05, 0) is 31.7 Å². The number of ether oxygens (including phenoxy) is 1. The van der Waals surface area contributed by atoms with Gasteiger partial charge in [-0.25, -0.2) is 0 Å². The Morgan fingerprint density at radius 2 is 2.15 bits per heavy atom. The molecule has 3 rings (SSSR count). The van der Waals surface area contributed by atoms with Crippen LogP contribution in [0.15, 0.2) is 0 Å². The predicted molar refractivity (Wildman–Crippen MR) is 50.4 cm³/mol. The maximum atomic E-state index is 5.86. The maximum absolute atomic E-state index is 5.86. The molecule has 13 heavy (non-hydrogen) atoms. The number of hydrogen-bond donors (Lipinski definition) is 2. The molecule has 3 fully saturated rings. The minimum absolute atomic E-state index is 0.00546. The molecular formula is C10H18N2O. The first-order chi connectivity index (χ1) is 6.38. The van der Waals surface area contributed by atoms with E-state index < -0.39 is 0 Å². The van der Waals surface area contributed by atoms with Gasteiger partial charge in [0, 0.05) is 19.0 Å². The smallest absolute Gasteiger partial charge is 0.133 e. The molecule has 0 aromatic rings. The van der Waals surface area contributed by atoms with Crippen LogP contribution in [0.5, 0.6) is 0 Å². The van der Waals surface area contributed by atoms with Gasteiger partial charge in [-0.2, -0.15) is 0 Å². The van der Waals surface area contributed by atoms with Crippen LogP contribution in [0.2, 0.25) is 0 Å². The van der Waals surface area contributed by atoms with E-state index in [4.69, 9.17) is 4.74 Å². The van der Waals surface area contributed by atoms with Crippen molar-refractivity contribution in [2.24, 2.45) is 5.92 Å². The molecule has 0 bridgehead atoms. The zero-order valence-electron chi connectivity index (χ0n) is 8.01. The van der Waals surface area contributed by atoms with Gasteiger partial charge in [0.2, 0.25) is 0 Å². The summed E-state index contributed by atoms with van der Waals surface area (Å²) in [5.41, 5.74) is 0.00546. The van der Waals surface area contributed by atoms with E-state index in [9.17, 15) is 0 Å². The second-order valence-electron chi connectivity index (χ2n) is 4.65. The lowest BCUT2D eigenvalue weighted by atomic mass is 10.0. The van der Waals surface area contributed by atoms with Crippen molar-refractivity contribution in [1.29, 1.82) is 0 Å². The van der Waals surface area contributed by atoms with Crippen molar-refractivity contribution >= 4 is 0 Å². The van der Waals surface area contributed by atoms with Gasteiger partial charge in [-0.3, -0.25) is 5.32 Å². The molecule has 2 N–H and O–H groups in total. The molecule has 3 heteroatoms. The topological polar surface area (TPSA) is 33.3 Å². The molecule has 3 aliphatic rings. The fourth-order valence-electron chi connectivity index (χ4n) is 2.60. The molecule has 2 aliphatic heterocycles. The van der Waals surface area contributed by atoms with Gasteiger partial charge < -0.3 is 10.1 Å². The first-order valence-corrected chi connectivity index (χ1v) is 5.50. The van der Waals surface area contributed by atoms with Crippen LogP contribution in [0.1, 0.15) is 25.7 Å². The standard InChI is InChI=1S/C10H18N2O/c1-2-8(1)9-3-6-13-10(12-9)4-5-11-7-10/h8-9,11-12H,1-7H2. The molecule has 2 saturated heterocycles. The van der Waals surface area contributed by atoms with Crippen LogP contribution in [-0.2, 0) is 4.74 Å². The molecule has 2 atom stereocenters. The minimum Gasteiger partial charge on any atom is -0.359 e. The Morgan fingerprint density at radius 3 is 2.85 bits per heavy atom. The number of nitrogens with one attached hydrogen (secondary N) is 2. The number of hydrogen-bond acceptors (Lipinski definition) is 3. The van der Waals surface area contributed by atoms with Crippen molar-refractivity contribution in [2.45, 2.75) is 37.5 Å². The van der Waals surface area contributed by atoms with E-state index in [1.54, 1.807) is 0 Å². The number of rotatable bonds is 1. The van der Waals surface area contributed by atoms with E-state index in [-0.39, 0.29) is 5.72 Å². The highest BCUT2D eigenvalue weighted by Gasteiger charge is 2.43. The monoisotopic (exact) mass is 182 g/mol. The van der Waals surface area contributed by atoms with Gasteiger partial charge in [-0.1, -0.05) is 0 Å². The fraction of sp³-hybridized carbons (Fsp3) is 1.00. The Kier molecular flexibility index (Phi) is 1.86. The summed E-state index contributed by atoms with van der Waals surface area (Å²) < 4.78 is 5.86. The Hall–Kier alpha value is -0.120. The molecule has 1 aliphatic carbocycles. The van der Waals surface area contributed by atoms with Crippen molar-refractivity contribution in [3.05, 3.63) is 0 Å². The zero-order chi connectivity index (χ0) is 8.73. The van der Waals surface area contributed by atoms with Crippen molar-refractivity contribution in [3.63, 3.8) is 0 Å². The summed E-state index contributed by atoms with van der Waals surface area (Å²) in [5, 5.41) is 7.08. The maximum Gasteiger partial charge on any atom is 0.133 e. The normalized spacial score (nSPS) is 45.7. The highest BCUT2D eigenvalue weighted by atomic mass is 16.5.